The average Bonchev–Trinajstić information content (AvgIpc) is 2.76. The lowest BCUT2D eigenvalue weighted by molar-refractivity contribution is -0.121. The molecule has 0 aromatic rings. The molecule has 1 heterocycles. The van der Waals surface area contributed by atoms with Gasteiger partial charge in [-0.2, -0.15) is 0 Å². The maximum atomic E-state index is 11.9. The van der Waals surface area contributed by atoms with E-state index in [4.69, 9.17) is 5.11 Å². The van der Waals surface area contributed by atoms with Gasteiger partial charge in [-0.3, -0.25) is 4.79 Å². The summed E-state index contributed by atoms with van der Waals surface area (Å²) in [6.07, 6.45) is 1.90. The normalized spacial score (nSPS) is 22.6. The first kappa shape index (κ1) is 21.6. The summed E-state index contributed by atoms with van der Waals surface area (Å²) in [6, 6.07) is 0.0655. The van der Waals surface area contributed by atoms with Crippen LogP contribution < -0.4 is 5.32 Å². The number of carbonyl (C=O) groups excluding carboxylic acids is 1. The third kappa shape index (κ3) is 7.76. The van der Waals surface area contributed by atoms with Crippen LogP contribution in [0.4, 0.5) is 0 Å². The van der Waals surface area contributed by atoms with E-state index in [-0.39, 0.29) is 43.1 Å². The fourth-order valence-corrected chi connectivity index (χ4v) is 3.33. The second kappa shape index (κ2) is 9.70. The van der Waals surface area contributed by atoms with Gasteiger partial charge in [0.2, 0.25) is 5.91 Å². The molecule has 0 radical (unpaired) electrons. The van der Waals surface area contributed by atoms with E-state index < -0.39 is 9.84 Å². The van der Waals surface area contributed by atoms with E-state index in [1.165, 1.54) is 0 Å². The van der Waals surface area contributed by atoms with Crippen molar-refractivity contribution >= 4 is 28.2 Å². The highest BCUT2D eigenvalue weighted by Gasteiger charge is 2.35. The van der Waals surface area contributed by atoms with E-state index >= 15 is 0 Å². The SMILES string of the molecule is CC(C)[C@H]1CN(CCCO)C[C@@H]1NC(=O)CCS(C)(=O)=O.Cl. The van der Waals surface area contributed by atoms with Gasteiger partial charge in [-0.05, 0) is 18.3 Å². The van der Waals surface area contributed by atoms with Gasteiger partial charge in [0, 0.05) is 45.0 Å². The molecule has 6 nitrogen and oxygen atoms in total. The van der Waals surface area contributed by atoms with Crippen LogP contribution in [0.2, 0.25) is 0 Å². The van der Waals surface area contributed by atoms with E-state index in [2.05, 4.69) is 24.1 Å². The second-order valence-corrected chi connectivity index (χ2v) is 8.56. The summed E-state index contributed by atoms with van der Waals surface area (Å²) in [7, 11) is -3.10. The predicted molar refractivity (Wildman–Crippen MR) is 90.0 cm³/mol. The Bertz CT molecular complexity index is 442. The Morgan fingerprint density at radius 2 is 2.00 bits per heavy atom. The molecule has 1 aliphatic heterocycles. The van der Waals surface area contributed by atoms with Crippen LogP contribution in [0.5, 0.6) is 0 Å². The first-order valence-electron chi connectivity index (χ1n) is 7.53. The minimum absolute atomic E-state index is 0. The Kier molecular flexibility index (Phi) is 9.54. The Balaban J connectivity index is 0.00000441. The molecule has 0 aliphatic carbocycles. The first-order valence-corrected chi connectivity index (χ1v) is 9.59. The lowest BCUT2D eigenvalue weighted by atomic mass is 9.91. The van der Waals surface area contributed by atoms with E-state index in [1.54, 1.807) is 0 Å². The van der Waals surface area contributed by atoms with E-state index in [0.717, 1.165) is 32.3 Å². The minimum Gasteiger partial charge on any atom is -0.396 e. The van der Waals surface area contributed by atoms with Gasteiger partial charge >= 0.3 is 0 Å². The van der Waals surface area contributed by atoms with Crippen LogP contribution >= 0.6 is 12.4 Å². The van der Waals surface area contributed by atoms with Gasteiger partial charge in [0.05, 0.1) is 5.75 Å². The van der Waals surface area contributed by atoms with Gasteiger partial charge in [0.15, 0.2) is 0 Å². The minimum atomic E-state index is -3.10. The topological polar surface area (TPSA) is 86.7 Å². The second-order valence-electron chi connectivity index (χ2n) is 6.30. The van der Waals surface area contributed by atoms with Crippen molar-refractivity contribution in [3.05, 3.63) is 0 Å². The number of rotatable bonds is 8. The van der Waals surface area contributed by atoms with Crippen LogP contribution in [0.3, 0.4) is 0 Å². The van der Waals surface area contributed by atoms with Crippen molar-refractivity contribution in [2.75, 3.05) is 38.2 Å². The number of carbonyl (C=O) groups is 1. The predicted octanol–water partition coefficient (Wildman–Crippen LogP) is 0.298. The monoisotopic (exact) mass is 356 g/mol. The fourth-order valence-electron chi connectivity index (χ4n) is 2.78. The number of halogens is 1. The maximum absolute atomic E-state index is 11.9. The fraction of sp³-hybridized carbons (Fsp3) is 0.929. The van der Waals surface area contributed by atoms with Crippen molar-refractivity contribution in [3.8, 4) is 0 Å². The number of hydrogen-bond acceptors (Lipinski definition) is 5. The van der Waals surface area contributed by atoms with Crippen LogP contribution in [0.15, 0.2) is 0 Å². The summed E-state index contributed by atoms with van der Waals surface area (Å²) < 4.78 is 22.2. The number of aliphatic hydroxyl groups excluding tert-OH is 1. The zero-order valence-electron chi connectivity index (χ0n) is 13.6. The molecule has 0 aromatic heterocycles. The molecule has 0 bridgehead atoms. The zero-order chi connectivity index (χ0) is 16.0. The van der Waals surface area contributed by atoms with E-state index in [1.807, 2.05) is 0 Å². The molecule has 2 atom stereocenters. The van der Waals surface area contributed by atoms with Gasteiger partial charge in [0.25, 0.3) is 0 Å². The van der Waals surface area contributed by atoms with Gasteiger partial charge < -0.3 is 15.3 Å². The van der Waals surface area contributed by atoms with Crippen molar-refractivity contribution in [2.24, 2.45) is 11.8 Å². The van der Waals surface area contributed by atoms with Crippen LogP contribution in [0.1, 0.15) is 26.7 Å². The van der Waals surface area contributed by atoms with Gasteiger partial charge in [-0.15, -0.1) is 12.4 Å². The van der Waals surface area contributed by atoms with Crippen molar-refractivity contribution < 1.29 is 18.3 Å². The summed E-state index contributed by atoms with van der Waals surface area (Å²) in [4.78, 5) is 14.2. The van der Waals surface area contributed by atoms with Crippen molar-refractivity contribution in [2.45, 2.75) is 32.7 Å². The number of nitrogens with one attached hydrogen (secondary N) is 1. The molecule has 0 saturated carbocycles. The van der Waals surface area contributed by atoms with Crippen LogP contribution in [-0.4, -0.2) is 68.6 Å². The molecule has 8 heteroatoms. The number of sulfone groups is 1. The summed E-state index contributed by atoms with van der Waals surface area (Å²) in [5.74, 6) is 0.516. The Hall–Kier alpha value is -0.370. The average molecular weight is 357 g/mol. The molecule has 1 rings (SSSR count). The van der Waals surface area contributed by atoms with Gasteiger partial charge in [-0.1, -0.05) is 13.8 Å². The van der Waals surface area contributed by atoms with Crippen LogP contribution in [-0.2, 0) is 14.6 Å². The summed E-state index contributed by atoms with van der Waals surface area (Å²) in [6.45, 7) is 6.96. The summed E-state index contributed by atoms with van der Waals surface area (Å²) >= 11 is 0. The standard InChI is InChI=1S/C14H28N2O4S.ClH/c1-11(2)12-9-16(6-4-7-17)10-13(12)15-14(18)5-8-21(3,19)20;/h11-13,17H,4-10H2,1-3H3,(H,15,18);1H/t12-,13+;/m1./s1. The largest absolute Gasteiger partial charge is 0.396 e. The van der Waals surface area contributed by atoms with Gasteiger partial charge in [0.1, 0.15) is 9.84 Å². The van der Waals surface area contributed by atoms with E-state index in [0.29, 0.717) is 11.8 Å². The molecular weight excluding hydrogens is 328 g/mol. The number of amides is 1. The molecular formula is C14H29ClN2O4S. The highest BCUT2D eigenvalue weighted by Crippen LogP contribution is 2.24. The molecule has 0 spiro atoms. The Morgan fingerprint density at radius 1 is 1.36 bits per heavy atom. The van der Waals surface area contributed by atoms with Crippen LogP contribution in [0, 0.1) is 11.8 Å². The molecule has 2 N–H and O–H groups in total. The highest BCUT2D eigenvalue weighted by atomic mass is 35.5. The quantitative estimate of drug-likeness (QED) is 0.653. The highest BCUT2D eigenvalue weighted by molar-refractivity contribution is 7.90. The third-order valence-electron chi connectivity index (χ3n) is 3.98. The Morgan fingerprint density at radius 3 is 2.50 bits per heavy atom. The van der Waals surface area contributed by atoms with Crippen molar-refractivity contribution in [1.82, 2.24) is 10.2 Å². The van der Waals surface area contributed by atoms with Crippen molar-refractivity contribution in [3.63, 3.8) is 0 Å². The molecule has 0 unspecified atom stereocenters. The number of hydrogen-bond donors (Lipinski definition) is 2. The number of aliphatic hydroxyl groups is 1. The number of likely N-dealkylation sites (tertiary alicyclic amines) is 1. The lowest BCUT2D eigenvalue weighted by Gasteiger charge is -2.22. The lowest BCUT2D eigenvalue weighted by Crippen LogP contribution is -2.42. The van der Waals surface area contributed by atoms with Crippen molar-refractivity contribution in [1.29, 1.82) is 0 Å². The molecule has 22 heavy (non-hydrogen) atoms. The first-order chi connectivity index (χ1) is 9.73. The molecule has 1 aliphatic rings. The zero-order valence-corrected chi connectivity index (χ0v) is 15.3. The molecule has 1 amide bonds. The molecule has 132 valence electrons. The third-order valence-corrected chi connectivity index (χ3v) is 4.92. The summed E-state index contributed by atoms with van der Waals surface area (Å²) in [5.41, 5.74) is 0. The smallest absolute Gasteiger partial charge is 0.221 e. The summed E-state index contributed by atoms with van der Waals surface area (Å²) in [5, 5.41) is 11.9. The molecule has 1 fully saturated rings. The Labute approximate surface area is 140 Å². The molecule has 0 aromatic carbocycles. The van der Waals surface area contributed by atoms with E-state index in [9.17, 15) is 13.2 Å². The van der Waals surface area contributed by atoms with Crippen LogP contribution in [0.25, 0.3) is 0 Å². The van der Waals surface area contributed by atoms with Gasteiger partial charge in [-0.25, -0.2) is 8.42 Å². The maximum Gasteiger partial charge on any atom is 0.221 e. The number of nitrogens with zero attached hydrogens (tertiary/aromatic N) is 1. The molecule has 1 saturated heterocycles.